The minimum absolute atomic E-state index is 0.00629. The van der Waals surface area contributed by atoms with E-state index in [1.807, 2.05) is 101 Å². The molecule has 95 heavy (non-hydrogen) atoms. The van der Waals surface area contributed by atoms with Crippen molar-refractivity contribution in [1.29, 1.82) is 5.26 Å². The second-order valence-corrected chi connectivity index (χ2v) is 27.4. The highest BCUT2D eigenvalue weighted by Crippen LogP contribution is 2.38. The number of nitriles is 1. The molecular formula is C70H61N13O8S4. The van der Waals surface area contributed by atoms with Crippen molar-refractivity contribution in [3.8, 4) is 40.1 Å². The monoisotopic (exact) mass is 1340 g/mol. The van der Waals surface area contributed by atoms with E-state index in [4.69, 9.17) is 24.4 Å². The number of thiazole rings is 4. The molecule has 0 atom stereocenters. The van der Waals surface area contributed by atoms with Crippen LogP contribution in [0.5, 0.6) is 11.5 Å². The maximum absolute atomic E-state index is 14.3. The molecule has 1 fully saturated rings. The fraction of sp³-hybridized carbons (Fsp3) is 0.243. The van der Waals surface area contributed by atoms with Gasteiger partial charge in [0.25, 0.3) is 11.8 Å². The Labute approximate surface area is 561 Å². The maximum atomic E-state index is 14.3. The molecule has 0 spiro atoms. The number of hydrogen-bond acceptors (Lipinski definition) is 21. The first-order chi connectivity index (χ1) is 46.4. The number of ether oxygens (including phenoxy) is 2. The van der Waals surface area contributed by atoms with Crippen molar-refractivity contribution in [3.05, 3.63) is 194 Å². The Morgan fingerprint density at radius 3 is 1.79 bits per heavy atom. The summed E-state index contributed by atoms with van der Waals surface area (Å²) in [5.74, 6) is -1.41. The molecule has 0 bridgehead atoms. The van der Waals surface area contributed by atoms with Gasteiger partial charge in [0.05, 0.1) is 45.5 Å². The third-order valence-electron chi connectivity index (χ3n) is 17.1. The summed E-state index contributed by atoms with van der Waals surface area (Å²) < 4.78 is 14.0. The first-order valence-electron chi connectivity index (χ1n) is 31.1. The molecular weight excluding hydrogens is 1280 g/mol. The highest BCUT2D eigenvalue weighted by atomic mass is 32.1. The molecule has 478 valence electrons. The number of piperazine rings is 1. The summed E-state index contributed by atoms with van der Waals surface area (Å²) in [6.07, 6.45) is 4.95. The number of carbonyl (C=O) groups excluding carboxylic acids is 2. The van der Waals surface area contributed by atoms with Gasteiger partial charge in [-0.05, 0) is 135 Å². The van der Waals surface area contributed by atoms with Crippen LogP contribution in [0.4, 0.5) is 26.2 Å². The van der Waals surface area contributed by atoms with Gasteiger partial charge in [0.2, 0.25) is 0 Å². The van der Waals surface area contributed by atoms with Gasteiger partial charge in [0.15, 0.2) is 37.6 Å². The molecule has 3 aliphatic rings. The van der Waals surface area contributed by atoms with Gasteiger partial charge in [-0.25, -0.2) is 34.5 Å². The molecule has 0 radical (unpaired) electrons. The van der Waals surface area contributed by atoms with E-state index in [0.29, 0.717) is 153 Å². The first-order valence-corrected chi connectivity index (χ1v) is 34.3. The van der Waals surface area contributed by atoms with E-state index in [1.54, 1.807) is 30.5 Å². The van der Waals surface area contributed by atoms with Crippen LogP contribution in [0.15, 0.2) is 134 Å². The summed E-state index contributed by atoms with van der Waals surface area (Å²) in [6, 6.07) is 42.3. The molecule has 0 aliphatic carbocycles. The largest absolute Gasteiger partial charge is 0.494 e. The summed E-state index contributed by atoms with van der Waals surface area (Å²) in [5, 5.41) is 39.0. The van der Waals surface area contributed by atoms with Crippen LogP contribution < -0.4 is 34.8 Å². The Bertz CT molecular complexity index is 4770. The van der Waals surface area contributed by atoms with E-state index in [1.165, 1.54) is 45.3 Å². The molecule has 14 rings (SSSR count). The second-order valence-electron chi connectivity index (χ2n) is 23.2. The van der Waals surface area contributed by atoms with Crippen LogP contribution in [-0.2, 0) is 38.8 Å². The number of carbonyl (C=O) groups is 4. The molecule has 6 aromatic carbocycles. The number of benzene rings is 6. The minimum Gasteiger partial charge on any atom is -0.494 e. The molecule has 25 heteroatoms. The summed E-state index contributed by atoms with van der Waals surface area (Å²) in [4.78, 5) is 91.2. The third kappa shape index (κ3) is 13.5. The number of amides is 2. The standard InChI is InChI=1S/C70H61N13O8S4/c1-80-30-32-81(33-31-80)44-12-6-13-46(36-44)91-35-9-21-58-62(66(88)89)77-70(95-58)83-29-27-42-11-5-15-48(51(42)40-83)64(85)79-68-75-60-49(16-7-19-56(60)93-68)54-38-72-59(53(37-71)73-54)43-22-24-45(25-23-43)90-34-8-20-57-61(65(86)87)76-69(94-57)82-28-26-41-10-4-14-47(50(41)39-82)63(84)78-67-74-52-17-2-3-18-55(52)92-67/h2-7,10-19,22-25,36,38H,8-9,20-21,26-35,39-40H2,1H3,(H,86,87)(H,88,89)(H,74,78,84)(H,75,79,85). The number of carboxylic acids is 2. The second kappa shape index (κ2) is 27.4. The van der Waals surface area contributed by atoms with Crippen LogP contribution in [0.2, 0.25) is 0 Å². The highest BCUT2D eigenvalue weighted by Gasteiger charge is 2.30. The highest BCUT2D eigenvalue weighted by molar-refractivity contribution is 7.22. The third-order valence-corrected chi connectivity index (χ3v) is 21.3. The number of aromatic nitrogens is 6. The zero-order valence-electron chi connectivity index (χ0n) is 51.4. The molecule has 8 heterocycles. The number of carboxylic acid groups (broad SMARTS) is 2. The number of anilines is 5. The number of aromatic carboxylic acids is 2. The Morgan fingerprint density at radius 1 is 0.589 bits per heavy atom. The van der Waals surface area contributed by atoms with Gasteiger partial charge < -0.3 is 39.3 Å². The average molecular weight is 1340 g/mol. The predicted octanol–water partition coefficient (Wildman–Crippen LogP) is 12.6. The molecule has 0 saturated carbocycles. The van der Waals surface area contributed by atoms with Gasteiger partial charge in [0.1, 0.15) is 23.3 Å². The lowest BCUT2D eigenvalue weighted by molar-refractivity contribution is 0.0679. The Hall–Kier alpha value is -10.2. The van der Waals surface area contributed by atoms with Gasteiger partial charge in [-0.3, -0.25) is 25.2 Å². The predicted molar refractivity (Wildman–Crippen MR) is 371 cm³/mol. The molecule has 2 amide bonds. The Morgan fingerprint density at radius 2 is 1.17 bits per heavy atom. The van der Waals surface area contributed by atoms with Crippen molar-refractivity contribution in [2.24, 2.45) is 0 Å². The SMILES string of the molecule is CN1CCN(c2cccc(OCCCc3sc(N4CCc5cccc(C(=O)Nc6nc7c(-c8cnc(-c9ccc(OCCCc%10sc(N%11CCc%12cccc(C(=O)Nc%13nc%14ccccc%14s%13)c%12C%11)nc%10C(=O)O)cc9)c(C#N)n8)cccc7s6)c5C4)nc3C(=O)O)c2)CC1. The topological polar surface area (TPSA) is 265 Å². The summed E-state index contributed by atoms with van der Waals surface area (Å²) in [7, 11) is 2.14. The fourth-order valence-corrected chi connectivity index (χ4v) is 16.2. The molecule has 4 N–H and O–H groups in total. The zero-order valence-corrected chi connectivity index (χ0v) is 54.7. The van der Waals surface area contributed by atoms with Crippen molar-refractivity contribution < 1.29 is 38.9 Å². The van der Waals surface area contributed by atoms with E-state index in [9.17, 15) is 34.7 Å². The molecule has 5 aromatic heterocycles. The van der Waals surface area contributed by atoms with Crippen LogP contribution in [0.25, 0.3) is 42.9 Å². The van der Waals surface area contributed by atoms with Crippen LogP contribution >= 0.6 is 45.3 Å². The van der Waals surface area contributed by atoms with Crippen LogP contribution in [0, 0.1) is 11.3 Å². The molecule has 21 nitrogen and oxygen atoms in total. The lowest BCUT2D eigenvalue weighted by Crippen LogP contribution is -2.44. The van der Waals surface area contributed by atoms with Crippen LogP contribution in [0.1, 0.15) is 92.2 Å². The number of likely N-dealkylation sites (N-methyl/N-ethyl adjacent to an activating group) is 1. The van der Waals surface area contributed by atoms with Crippen LogP contribution in [0.3, 0.4) is 0 Å². The van der Waals surface area contributed by atoms with Gasteiger partial charge in [0, 0.05) is 96.1 Å². The van der Waals surface area contributed by atoms with Crippen molar-refractivity contribution in [2.45, 2.75) is 51.6 Å². The maximum Gasteiger partial charge on any atom is 0.355 e. The summed E-state index contributed by atoms with van der Waals surface area (Å²) >= 11 is 5.44. The van der Waals surface area contributed by atoms with Gasteiger partial charge in [-0.15, -0.1) is 22.7 Å². The number of nitrogens with one attached hydrogen (secondary N) is 2. The molecule has 0 unspecified atom stereocenters. The number of hydrogen-bond donors (Lipinski definition) is 4. The molecule has 1 saturated heterocycles. The fourth-order valence-electron chi connectivity index (χ4n) is 12.2. The van der Waals surface area contributed by atoms with E-state index < -0.39 is 11.9 Å². The summed E-state index contributed by atoms with van der Waals surface area (Å²) in [6.45, 7) is 6.64. The van der Waals surface area contributed by atoms with Crippen molar-refractivity contribution in [1.82, 2.24) is 34.8 Å². The van der Waals surface area contributed by atoms with E-state index in [2.05, 4.69) is 60.6 Å². The summed E-state index contributed by atoms with van der Waals surface area (Å²) in [5.41, 5.74) is 9.60. The number of nitrogens with zero attached hydrogens (tertiary/aromatic N) is 11. The Balaban J connectivity index is 0.587. The lowest BCUT2D eigenvalue weighted by Gasteiger charge is -2.34. The van der Waals surface area contributed by atoms with Crippen molar-refractivity contribution >= 4 is 116 Å². The number of aryl methyl sites for hydroxylation is 2. The number of fused-ring (bicyclic) bond motifs is 4. The first kappa shape index (κ1) is 62.2. The van der Waals surface area contributed by atoms with Gasteiger partial charge >= 0.3 is 11.9 Å². The lowest BCUT2D eigenvalue weighted by atomic mass is 9.94. The van der Waals surface area contributed by atoms with E-state index >= 15 is 0 Å². The van der Waals surface area contributed by atoms with E-state index in [-0.39, 0.29) is 28.9 Å². The average Bonchev–Trinajstić information content (AvgIpc) is 1.78. The molecule has 3 aliphatic heterocycles. The minimum atomic E-state index is -1.11. The van der Waals surface area contributed by atoms with Gasteiger partial charge in [-0.1, -0.05) is 77.3 Å². The van der Waals surface area contributed by atoms with Gasteiger partial charge in [-0.2, -0.15) is 5.26 Å². The van der Waals surface area contributed by atoms with Crippen molar-refractivity contribution in [2.75, 3.05) is 84.9 Å². The van der Waals surface area contributed by atoms with Crippen molar-refractivity contribution in [3.63, 3.8) is 0 Å². The van der Waals surface area contributed by atoms with E-state index in [0.717, 1.165) is 74.8 Å². The Kier molecular flexibility index (Phi) is 17.9. The van der Waals surface area contributed by atoms with Crippen LogP contribution in [-0.4, -0.2) is 128 Å². The normalized spacial score (nSPS) is 13.9. The quantitative estimate of drug-likeness (QED) is 0.0487. The molecule has 11 aromatic rings. The number of para-hydroxylation sites is 2. The number of rotatable bonds is 21. The smallest absolute Gasteiger partial charge is 0.355 e. The zero-order chi connectivity index (χ0) is 65.1.